The molecule has 1 amide bonds. The van der Waals surface area contributed by atoms with Gasteiger partial charge in [0.05, 0.1) is 5.69 Å². The van der Waals surface area contributed by atoms with Gasteiger partial charge in [-0.05, 0) is 32.8 Å². The van der Waals surface area contributed by atoms with E-state index in [-0.39, 0.29) is 24.1 Å². The summed E-state index contributed by atoms with van der Waals surface area (Å²) < 4.78 is 28.9. The van der Waals surface area contributed by atoms with Crippen LogP contribution in [0.25, 0.3) is 0 Å². The average Bonchev–Trinajstić information content (AvgIpc) is 3.22. The molecule has 0 aliphatic heterocycles. The summed E-state index contributed by atoms with van der Waals surface area (Å²) in [6.45, 7) is 4.15. The summed E-state index contributed by atoms with van der Waals surface area (Å²) in [5, 5.41) is 11.0. The molecule has 1 aliphatic rings. The van der Waals surface area contributed by atoms with Crippen molar-refractivity contribution in [2.45, 2.75) is 52.1 Å². The molecule has 3 rings (SSSR count). The van der Waals surface area contributed by atoms with Gasteiger partial charge in [0, 0.05) is 36.5 Å². The zero-order chi connectivity index (χ0) is 17.4. The van der Waals surface area contributed by atoms with Gasteiger partial charge in [0.25, 0.3) is 6.43 Å². The van der Waals surface area contributed by atoms with E-state index in [1.54, 1.807) is 4.68 Å². The summed E-state index contributed by atoms with van der Waals surface area (Å²) in [7, 11) is 1.85. The van der Waals surface area contributed by atoms with Crippen LogP contribution in [-0.4, -0.2) is 25.5 Å². The highest BCUT2D eigenvalue weighted by Gasteiger charge is 2.30. The molecule has 1 fully saturated rings. The normalized spacial score (nSPS) is 14.4. The standard InChI is InChI=1S/C16H21F2N5O/c1-9-12(10(2)22(3)20-9)7-19-15(24)8-23-14(11-4-5-11)6-13(21-23)16(17)18/h6,11,16H,4-5,7-8H2,1-3H3,(H,19,24). The summed E-state index contributed by atoms with van der Waals surface area (Å²) in [5.74, 6) is 0.00378. The first-order valence-corrected chi connectivity index (χ1v) is 7.98. The summed E-state index contributed by atoms with van der Waals surface area (Å²) in [4.78, 5) is 12.2. The lowest BCUT2D eigenvalue weighted by Crippen LogP contribution is -2.28. The second-order valence-corrected chi connectivity index (χ2v) is 6.28. The van der Waals surface area contributed by atoms with Gasteiger partial charge in [-0.1, -0.05) is 0 Å². The molecule has 2 heterocycles. The molecule has 0 saturated heterocycles. The number of rotatable bonds is 6. The molecule has 2 aromatic heterocycles. The molecule has 1 saturated carbocycles. The Morgan fingerprint density at radius 3 is 2.62 bits per heavy atom. The van der Waals surface area contributed by atoms with E-state index in [1.165, 1.54) is 10.7 Å². The molecular weight excluding hydrogens is 316 g/mol. The smallest absolute Gasteiger partial charge is 0.282 e. The van der Waals surface area contributed by atoms with Crippen molar-refractivity contribution in [2.24, 2.45) is 7.05 Å². The van der Waals surface area contributed by atoms with E-state index in [2.05, 4.69) is 15.5 Å². The summed E-state index contributed by atoms with van der Waals surface area (Å²) >= 11 is 0. The van der Waals surface area contributed by atoms with Crippen LogP contribution in [0.2, 0.25) is 0 Å². The van der Waals surface area contributed by atoms with Gasteiger partial charge < -0.3 is 5.32 Å². The SMILES string of the molecule is Cc1nn(C)c(C)c1CNC(=O)Cn1nc(C(F)F)cc1C1CC1. The molecule has 1 aliphatic carbocycles. The quantitative estimate of drug-likeness (QED) is 0.880. The second-order valence-electron chi connectivity index (χ2n) is 6.28. The highest BCUT2D eigenvalue weighted by atomic mass is 19.3. The fourth-order valence-electron chi connectivity index (χ4n) is 2.85. The van der Waals surface area contributed by atoms with Gasteiger partial charge in [-0.15, -0.1) is 0 Å². The van der Waals surface area contributed by atoms with Crippen molar-refractivity contribution < 1.29 is 13.6 Å². The predicted molar refractivity (Wildman–Crippen MR) is 83.7 cm³/mol. The summed E-state index contributed by atoms with van der Waals surface area (Å²) in [6, 6.07) is 1.42. The first-order chi connectivity index (χ1) is 11.4. The first-order valence-electron chi connectivity index (χ1n) is 7.98. The third kappa shape index (κ3) is 3.32. The van der Waals surface area contributed by atoms with Crippen LogP contribution in [0.15, 0.2) is 6.07 Å². The number of nitrogens with zero attached hydrogens (tertiary/aromatic N) is 4. The zero-order valence-electron chi connectivity index (χ0n) is 14.0. The highest BCUT2D eigenvalue weighted by Crippen LogP contribution is 2.41. The number of aromatic nitrogens is 4. The van der Waals surface area contributed by atoms with Gasteiger partial charge in [0.15, 0.2) is 0 Å². The third-order valence-electron chi connectivity index (χ3n) is 4.46. The van der Waals surface area contributed by atoms with Crippen molar-refractivity contribution in [3.63, 3.8) is 0 Å². The minimum Gasteiger partial charge on any atom is -0.350 e. The van der Waals surface area contributed by atoms with Crippen LogP contribution in [0.4, 0.5) is 8.78 Å². The van der Waals surface area contributed by atoms with E-state index in [1.807, 2.05) is 20.9 Å². The zero-order valence-corrected chi connectivity index (χ0v) is 14.0. The Hall–Kier alpha value is -2.25. The Bertz CT molecular complexity index is 761. The van der Waals surface area contributed by atoms with Gasteiger partial charge in [0.1, 0.15) is 12.2 Å². The molecule has 8 heteroatoms. The molecule has 0 spiro atoms. The lowest BCUT2D eigenvalue weighted by molar-refractivity contribution is -0.122. The van der Waals surface area contributed by atoms with Crippen LogP contribution in [-0.2, 0) is 24.9 Å². The Morgan fingerprint density at radius 1 is 1.38 bits per heavy atom. The van der Waals surface area contributed by atoms with E-state index >= 15 is 0 Å². The third-order valence-corrected chi connectivity index (χ3v) is 4.46. The minimum absolute atomic E-state index is 0.0447. The van der Waals surface area contributed by atoms with Crippen molar-refractivity contribution in [3.8, 4) is 0 Å². The van der Waals surface area contributed by atoms with Crippen molar-refractivity contribution in [1.29, 1.82) is 0 Å². The van der Waals surface area contributed by atoms with Gasteiger partial charge in [-0.25, -0.2) is 8.78 Å². The predicted octanol–water partition coefficient (Wildman–Crippen LogP) is 2.36. The van der Waals surface area contributed by atoms with E-state index < -0.39 is 6.43 Å². The topological polar surface area (TPSA) is 64.7 Å². The average molecular weight is 337 g/mol. The maximum atomic E-state index is 12.9. The number of nitrogens with one attached hydrogen (secondary N) is 1. The number of alkyl halides is 2. The number of hydrogen-bond donors (Lipinski definition) is 1. The fraction of sp³-hybridized carbons (Fsp3) is 0.562. The van der Waals surface area contributed by atoms with E-state index in [4.69, 9.17) is 0 Å². The van der Waals surface area contributed by atoms with Crippen LogP contribution < -0.4 is 5.32 Å². The van der Waals surface area contributed by atoms with Crippen molar-refractivity contribution in [2.75, 3.05) is 0 Å². The van der Waals surface area contributed by atoms with Crippen LogP contribution in [0.5, 0.6) is 0 Å². The number of halogens is 2. The molecule has 0 aromatic carbocycles. The molecule has 0 atom stereocenters. The van der Waals surface area contributed by atoms with Crippen LogP contribution >= 0.6 is 0 Å². The Balaban J connectivity index is 1.66. The van der Waals surface area contributed by atoms with Crippen LogP contribution in [0.1, 0.15) is 53.5 Å². The lowest BCUT2D eigenvalue weighted by atomic mass is 10.2. The van der Waals surface area contributed by atoms with E-state index in [9.17, 15) is 13.6 Å². The van der Waals surface area contributed by atoms with Gasteiger partial charge in [-0.3, -0.25) is 14.2 Å². The van der Waals surface area contributed by atoms with Gasteiger partial charge in [-0.2, -0.15) is 10.2 Å². The molecule has 2 aromatic rings. The van der Waals surface area contributed by atoms with Gasteiger partial charge >= 0.3 is 0 Å². The largest absolute Gasteiger partial charge is 0.350 e. The molecule has 24 heavy (non-hydrogen) atoms. The van der Waals surface area contributed by atoms with Crippen LogP contribution in [0, 0.1) is 13.8 Å². The number of hydrogen-bond acceptors (Lipinski definition) is 3. The molecule has 0 bridgehead atoms. The monoisotopic (exact) mass is 337 g/mol. The van der Waals surface area contributed by atoms with E-state index in [0.717, 1.165) is 35.5 Å². The maximum Gasteiger partial charge on any atom is 0.282 e. The first kappa shape index (κ1) is 16.6. The van der Waals surface area contributed by atoms with Crippen molar-refractivity contribution in [3.05, 3.63) is 34.4 Å². The molecule has 130 valence electrons. The number of amides is 1. The second kappa shape index (κ2) is 6.33. The van der Waals surface area contributed by atoms with E-state index in [0.29, 0.717) is 6.54 Å². The van der Waals surface area contributed by atoms with Crippen LogP contribution in [0.3, 0.4) is 0 Å². The summed E-state index contributed by atoms with van der Waals surface area (Å²) in [5.41, 5.74) is 3.30. The molecule has 0 unspecified atom stereocenters. The Labute approximate surface area is 138 Å². The van der Waals surface area contributed by atoms with Gasteiger partial charge in [0.2, 0.25) is 5.91 Å². The molecule has 6 nitrogen and oxygen atoms in total. The number of carbonyl (C=O) groups excluding carboxylic acids is 1. The number of aryl methyl sites for hydroxylation is 2. The Morgan fingerprint density at radius 2 is 2.08 bits per heavy atom. The minimum atomic E-state index is -2.62. The summed E-state index contributed by atoms with van der Waals surface area (Å²) in [6.07, 6.45) is -0.693. The molecule has 0 radical (unpaired) electrons. The van der Waals surface area contributed by atoms with Crippen molar-refractivity contribution >= 4 is 5.91 Å². The number of carbonyl (C=O) groups is 1. The highest BCUT2D eigenvalue weighted by molar-refractivity contribution is 5.75. The molecular formula is C16H21F2N5O. The molecule has 1 N–H and O–H groups in total. The Kier molecular flexibility index (Phi) is 4.38. The van der Waals surface area contributed by atoms with Crippen molar-refractivity contribution in [1.82, 2.24) is 24.9 Å². The fourth-order valence-corrected chi connectivity index (χ4v) is 2.85. The lowest BCUT2D eigenvalue weighted by Gasteiger charge is -2.08. The maximum absolute atomic E-state index is 12.9.